The Bertz CT molecular complexity index is 686. The van der Waals surface area contributed by atoms with Gasteiger partial charge in [-0.25, -0.2) is 4.79 Å². The summed E-state index contributed by atoms with van der Waals surface area (Å²) < 4.78 is 0. The fourth-order valence-corrected chi connectivity index (χ4v) is 4.76. The van der Waals surface area contributed by atoms with E-state index in [2.05, 4.69) is 31.0 Å². The van der Waals surface area contributed by atoms with Crippen molar-refractivity contribution < 1.29 is 19.5 Å². The highest BCUT2D eigenvalue weighted by Crippen LogP contribution is 2.38. The predicted molar refractivity (Wildman–Crippen MR) is 133 cm³/mol. The lowest BCUT2D eigenvalue weighted by Crippen LogP contribution is -2.54. The zero-order valence-electron chi connectivity index (χ0n) is 22.1. The van der Waals surface area contributed by atoms with E-state index in [9.17, 15) is 14.4 Å². The number of carbonyl (C=O) groups is 3. The first-order valence-corrected chi connectivity index (χ1v) is 12.5. The standard InChI is InChI=1S/C22H37N3O4.C4H10/c1-14(2)18(10-15(3)22(28)29)25(5)20(26)12-23-21(27)19-11-16-8-6-7-9-17(16)13-24(19)4;1-4(2)3/h10,14,16-19H,6-9,11-13H2,1-5H3,(H,23,27)(H,28,29);4H,1-3H3/b15-10+;/t16?,17?,18-,19?;/m1./s1. The van der Waals surface area contributed by atoms with E-state index in [-0.39, 0.29) is 41.9 Å². The number of fused-ring (bicyclic) bond motifs is 1. The number of hydrogen-bond donors (Lipinski definition) is 2. The van der Waals surface area contributed by atoms with E-state index >= 15 is 0 Å². The minimum atomic E-state index is -0.994. The van der Waals surface area contributed by atoms with Gasteiger partial charge in [0, 0.05) is 19.2 Å². The molecule has 0 spiro atoms. The van der Waals surface area contributed by atoms with Crippen LogP contribution >= 0.6 is 0 Å². The molecule has 2 amide bonds. The van der Waals surface area contributed by atoms with E-state index < -0.39 is 5.97 Å². The summed E-state index contributed by atoms with van der Waals surface area (Å²) in [6, 6.07) is -0.515. The van der Waals surface area contributed by atoms with Gasteiger partial charge in [0.2, 0.25) is 11.8 Å². The van der Waals surface area contributed by atoms with E-state index in [1.165, 1.54) is 37.5 Å². The average molecular weight is 466 g/mol. The summed E-state index contributed by atoms with van der Waals surface area (Å²) in [6.07, 6.45) is 7.47. The van der Waals surface area contributed by atoms with Gasteiger partial charge in [0.1, 0.15) is 0 Å². The largest absolute Gasteiger partial charge is 0.478 e. The number of nitrogens with zero attached hydrogens (tertiary/aromatic N) is 2. The molecule has 0 radical (unpaired) electrons. The lowest BCUT2D eigenvalue weighted by atomic mass is 9.73. The van der Waals surface area contributed by atoms with Crippen molar-refractivity contribution in [3.8, 4) is 0 Å². The number of likely N-dealkylation sites (tertiary alicyclic amines) is 1. The number of hydrogen-bond acceptors (Lipinski definition) is 4. The van der Waals surface area contributed by atoms with Crippen molar-refractivity contribution >= 4 is 17.8 Å². The van der Waals surface area contributed by atoms with E-state index in [0.29, 0.717) is 11.8 Å². The molecule has 2 rings (SSSR count). The number of carboxylic acids is 1. The molecule has 0 bridgehead atoms. The number of aliphatic carboxylic acids is 1. The molecule has 0 aromatic carbocycles. The van der Waals surface area contributed by atoms with Gasteiger partial charge in [0.25, 0.3) is 0 Å². The molecule has 33 heavy (non-hydrogen) atoms. The maximum atomic E-state index is 12.8. The normalized spacial score (nSPS) is 24.4. The van der Waals surface area contributed by atoms with Crippen molar-refractivity contribution in [1.29, 1.82) is 0 Å². The highest BCUT2D eigenvalue weighted by molar-refractivity contribution is 5.88. The van der Waals surface area contributed by atoms with Crippen LogP contribution in [0, 0.1) is 23.7 Å². The minimum Gasteiger partial charge on any atom is -0.478 e. The van der Waals surface area contributed by atoms with Gasteiger partial charge in [0.05, 0.1) is 18.6 Å². The second kappa shape index (κ2) is 13.7. The quantitative estimate of drug-likeness (QED) is 0.559. The number of rotatable bonds is 7. The predicted octanol–water partition coefficient (Wildman–Crippen LogP) is 3.79. The van der Waals surface area contributed by atoms with Gasteiger partial charge in [-0.05, 0) is 50.5 Å². The van der Waals surface area contributed by atoms with E-state index in [1.54, 1.807) is 13.1 Å². The lowest BCUT2D eigenvalue weighted by Gasteiger charge is -2.44. The maximum absolute atomic E-state index is 12.8. The second-order valence-electron chi connectivity index (χ2n) is 10.8. The average Bonchev–Trinajstić information content (AvgIpc) is 2.73. The molecule has 1 aliphatic heterocycles. The van der Waals surface area contributed by atoms with Gasteiger partial charge in [-0.15, -0.1) is 0 Å². The SMILES string of the molecule is C/C(=C\[C@H](C(C)C)N(C)C(=O)CNC(=O)C1CC2CCCCC2CN1C)C(=O)O.CC(C)C. The summed E-state index contributed by atoms with van der Waals surface area (Å²) in [5.41, 5.74) is 0.207. The topological polar surface area (TPSA) is 90.0 Å². The molecule has 7 nitrogen and oxygen atoms in total. The number of carboxylic acid groups (broad SMARTS) is 1. The van der Waals surface area contributed by atoms with Gasteiger partial charge in [-0.1, -0.05) is 60.0 Å². The molecule has 190 valence electrons. The second-order valence-corrected chi connectivity index (χ2v) is 10.8. The van der Waals surface area contributed by atoms with Crippen LogP contribution < -0.4 is 5.32 Å². The smallest absolute Gasteiger partial charge is 0.331 e. The molecule has 0 aromatic rings. The fourth-order valence-electron chi connectivity index (χ4n) is 4.76. The Kier molecular flexibility index (Phi) is 12.1. The van der Waals surface area contributed by atoms with Crippen molar-refractivity contribution in [1.82, 2.24) is 15.1 Å². The third kappa shape index (κ3) is 9.48. The van der Waals surface area contributed by atoms with Gasteiger partial charge >= 0.3 is 5.97 Å². The third-order valence-electron chi connectivity index (χ3n) is 6.65. The van der Waals surface area contributed by atoms with Crippen LogP contribution in [0.5, 0.6) is 0 Å². The van der Waals surface area contributed by atoms with Crippen LogP contribution in [0.3, 0.4) is 0 Å². The number of carbonyl (C=O) groups excluding carboxylic acids is 2. The van der Waals surface area contributed by atoms with Gasteiger partial charge < -0.3 is 15.3 Å². The van der Waals surface area contributed by atoms with E-state index in [1.807, 2.05) is 20.9 Å². The van der Waals surface area contributed by atoms with Crippen molar-refractivity contribution in [2.24, 2.45) is 23.7 Å². The van der Waals surface area contributed by atoms with Crippen LogP contribution in [0.25, 0.3) is 0 Å². The molecule has 3 unspecified atom stereocenters. The monoisotopic (exact) mass is 465 g/mol. The molecule has 2 fully saturated rings. The highest BCUT2D eigenvalue weighted by Gasteiger charge is 2.38. The summed E-state index contributed by atoms with van der Waals surface area (Å²) in [7, 11) is 3.65. The minimum absolute atomic E-state index is 0.0571. The number of likely N-dealkylation sites (N-methyl/N-ethyl adjacent to an activating group) is 2. The van der Waals surface area contributed by atoms with Gasteiger partial charge in [-0.3, -0.25) is 14.5 Å². The Hall–Kier alpha value is -1.89. The highest BCUT2D eigenvalue weighted by atomic mass is 16.4. The van der Waals surface area contributed by atoms with E-state index in [4.69, 9.17) is 5.11 Å². The first kappa shape index (κ1) is 29.1. The number of piperidine rings is 1. The van der Waals surface area contributed by atoms with Crippen LogP contribution in [0.4, 0.5) is 0 Å². The van der Waals surface area contributed by atoms with Gasteiger partial charge in [0.15, 0.2) is 0 Å². The summed E-state index contributed by atoms with van der Waals surface area (Å²) in [6.45, 7) is 12.8. The zero-order valence-corrected chi connectivity index (χ0v) is 22.1. The number of nitrogens with one attached hydrogen (secondary N) is 1. The molecular formula is C26H47N3O4. The summed E-state index contributed by atoms with van der Waals surface area (Å²) in [5.74, 6) is 0.898. The summed E-state index contributed by atoms with van der Waals surface area (Å²) in [4.78, 5) is 40.2. The maximum Gasteiger partial charge on any atom is 0.331 e. The Balaban J connectivity index is 0.00000125. The zero-order chi connectivity index (χ0) is 25.3. The van der Waals surface area contributed by atoms with Crippen molar-refractivity contribution in [2.75, 3.05) is 27.2 Å². The van der Waals surface area contributed by atoms with Crippen molar-refractivity contribution in [3.05, 3.63) is 11.6 Å². The molecular weight excluding hydrogens is 418 g/mol. The van der Waals surface area contributed by atoms with Crippen LogP contribution in [0.1, 0.15) is 73.6 Å². The molecule has 1 aliphatic carbocycles. The van der Waals surface area contributed by atoms with Gasteiger partial charge in [-0.2, -0.15) is 0 Å². The Morgan fingerprint density at radius 3 is 2.15 bits per heavy atom. The molecule has 1 saturated carbocycles. The fraction of sp³-hybridized carbons (Fsp3) is 0.808. The molecule has 2 aliphatic rings. The summed E-state index contributed by atoms with van der Waals surface area (Å²) in [5, 5.41) is 11.9. The first-order chi connectivity index (χ1) is 15.3. The molecule has 7 heteroatoms. The van der Waals surface area contributed by atoms with Crippen LogP contribution in [-0.4, -0.2) is 72.0 Å². The molecule has 2 N–H and O–H groups in total. The summed E-state index contributed by atoms with van der Waals surface area (Å²) >= 11 is 0. The third-order valence-corrected chi connectivity index (χ3v) is 6.65. The first-order valence-electron chi connectivity index (χ1n) is 12.5. The van der Waals surface area contributed by atoms with Crippen LogP contribution in [-0.2, 0) is 14.4 Å². The van der Waals surface area contributed by atoms with Crippen molar-refractivity contribution in [3.63, 3.8) is 0 Å². The lowest BCUT2D eigenvalue weighted by molar-refractivity contribution is -0.136. The Morgan fingerprint density at radius 2 is 1.64 bits per heavy atom. The molecule has 0 aromatic heterocycles. The molecule has 1 saturated heterocycles. The molecule has 1 heterocycles. The van der Waals surface area contributed by atoms with Crippen LogP contribution in [0.15, 0.2) is 11.6 Å². The van der Waals surface area contributed by atoms with Crippen LogP contribution in [0.2, 0.25) is 0 Å². The molecule has 4 atom stereocenters. The Labute approximate surface area is 201 Å². The Morgan fingerprint density at radius 1 is 1.09 bits per heavy atom. The van der Waals surface area contributed by atoms with E-state index in [0.717, 1.165) is 18.9 Å². The van der Waals surface area contributed by atoms with Crippen molar-refractivity contribution in [2.45, 2.75) is 85.7 Å². The number of amides is 2.